The summed E-state index contributed by atoms with van der Waals surface area (Å²) in [4.78, 5) is 5.48. The van der Waals surface area contributed by atoms with Crippen molar-refractivity contribution in [3.8, 4) is 0 Å². The summed E-state index contributed by atoms with van der Waals surface area (Å²) in [5, 5.41) is 8.65. The Balaban J connectivity index is 0.00000112. The number of nitrogens with one attached hydrogen (secondary N) is 1. The van der Waals surface area contributed by atoms with Crippen molar-refractivity contribution in [2.45, 2.75) is 20.3 Å². The van der Waals surface area contributed by atoms with Crippen LogP contribution >= 0.6 is 11.3 Å². The van der Waals surface area contributed by atoms with Gasteiger partial charge in [0.1, 0.15) is 5.01 Å². The fraction of sp³-hybridized carbons (Fsp3) is 0.556. The van der Waals surface area contributed by atoms with E-state index >= 15 is 0 Å². The van der Waals surface area contributed by atoms with Crippen LogP contribution in [0.2, 0.25) is 0 Å². The Morgan fingerprint density at radius 3 is 3.21 bits per heavy atom. The molecule has 0 atom stereocenters. The maximum atomic E-state index is 4.48. The largest absolute Gasteiger partial charge is 0.317 e. The van der Waals surface area contributed by atoms with Crippen LogP contribution in [0.4, 0.5) is 0 Å². The van der Waals surface area contributed by atoms with Crippen LogP contribution in [-0.4, -0.2) is 27.7 Å². The van der Waals surface area contributed by atoms with Gasteiger partial charge in [-0.3, -0.25) is 0 Å². The molecule has 2 aromatic heterocycles. The molecule has 5 heteroatoms. The van der Waals surface area contributed by atoms with Crippen LogP contribution < -0.4 is 5.32 Å². The van der Waals surface area contributed by atoms with Gasteiger partial charge < -0.3 is 5.32 Å². The summed E-state index contributed by atoms with van der Waals surface area (Å²) in [6.45, 7) is 6.11. The van der Waals surface area contributed by atoms with Crippen molar-refractivity contribution in [3.63, 3.8) is 0 Å². The molecule has 0 aliphatic heterocycles. The molecule has 78 valence electrons. The predicted molar refractivity (Wildman–Crippen MR) is 60.0 cm³/mol. The maximum Gasteiger partial charge on any atom is 0.212 e. The van der Waals surface area contributed by atoms with E-state index in [0.717, 1.165) is 35.2 Å². The van der Waals surface area contributed by atoms with Crippen molar-refractivity contribution in [2.24, 2.45) is 0 Å². The molecular weight excluding hydrogens is 196 g/mol. The Kier molecular flexibility index (Phi) is 2.79. The van der Waals surface area contributed by atoms with Gasteiger partial charge in [0.05, 0.1) is 11.9 Å². The molecule has 0 bridgehead atoms. The molecule has 0 saturated carbocycles. The van der Waals surface area contributed by atoms with Gasteiger partial charge in [-0.2, -0.15) is 5.10 Å². The molecule has 1 N–H and O–H groups in total. The van der Waals surface area contributed by atoms with Gasteiger partial charge in [0.2, 0.25) is 4.96 Å². The fourth-order valence-electron chi connectivity index (χ4n) is 1.36. The molecule has 0 fully saturated rings. The maximum absolute atomic E-state index is 4.48. The Labute approximate surface area is 88.5 Å². The van der Waals surface area contributed by atoms with Crippen molar-refractivity contribution in [1.82, 2.24) is 19.9 Å². The van der Waals surface area contributed by atoms with Gasteiger partial charge in [0.25, 0.3) is 0 Å². The van der Waals surface area contributed by atoms with Crippen molar-refractivity contribution in [3.05, 3.63) is 16.9 Å². The molecule has 0 amide bonds. The van der Waals surface area contributed by atoms with Crippen LogP contribution in [0.5, 0.6) is 0 Å². The molecule has 0 saturated heterocycles. The fourth-order valence-corrected chi connectivity index (χ4v) is 2.10. The lowest BCUT2D eigenvalue weighted by Gasteiger charge is -1.96. The van der Waals surface area contributed by atoms with Crippen LogP contribution in [0, 0.1) is 6.92 Å². The molecule has 0 unspecified atom stereocenters. The molecule has 2 heterocycles. The van der Waals surface area contributed by atoms with Crippen LogP contribution in [0.3, 0.4) is 0 Å². The normalized spacial score (nSPS) is 11.3. The number of aromatic nitrogens is 3. The second-order valence-electron chi connectivity index (χ2n) is 3.18. The molecule has 0 aromatic carbocycles. The van der Waals surface area contributed by atoms with Crippen molar-refractivity contribution < 1.29 is 1.43 Å². The first-order valence-corrected chi connectivity index (χ1v) is 5.63. The lowest BCUT2D eigenvalue weighted by molar-refractivity contribution is 0.709. The highest BCUT2D eigenvalue weighted by Crippen LogP contribution is 2.13. The third-order valence-electron chi connectivity index (χ3n) is 2.00. The lowest BCUT2D eigenvalue weighted by Crippen LogP contribution is -2.16. The molecule has 4 nitrogen and oxygen atoms in total. The van der Waals surface area contributed by atoms with Gasteiger partial charge in [0.15, 0.2) is 0 Å². The van der Waals surface area contributed by atoms with Crippen molar-refractivity contribution in [1.29, 1.82) is 0 Å². The van der Waals surface area contributed by atoms with Crippen LogP contribution in [-0.2, 0) is 6.42 Å². The van der Waals surface area contributed by atoms with Gasteiger partial charge in [-0.25, -0.2) is 9.50 Å². The highest BCUT2D eigenvalue weighted by Gasteiger charge is 2.04. The van der Waals surface area contributed by atoms with Crippen molar-refractivity contribution >= 4 is 16.3 Å². The summed E-state index contributed by atoms with van der Waals surface area (Å²) in [6, 6.07) is 0. The zero-order valence-corrected chi connectivity index (χ0v) is 9.27. The minimum absolute atomic E-state index is 0. The summed E-state index contributed by atoms with van der Waals surface area (Å²) < 4.78 is 1.86. The van der Waals surface area contributed by atoms with Crippen LogP contribution in [0.1, 0.15) is 19.1 Å². The standard InChI is InChI=1S/C9H14N4S.H2/c1-3-10-5-4-8-6-13-9(11-8)14-7(2)12-13;/h6,10H,3-5H2,1-2H3;1H. The van der Waals surface area contributed by atoms with E-state index in [1.54, 1.807) is 11.3 Å². The topological polar surface area (TPSA) is 42.2 Å². The summed E-state index contributed by atoms with van der Waals surface area (Å²) in [7, 11) is 0. The van der Waals surface area contributed by atoms with Gasteiger partial charge in [-0.15, -0.1) is 0 Å². The lowest BCUT2D eigenvalue weighted by atomic mass is 10.3. The van der Waals surface area contributed by atoms with Crippen LogP contribution in [0.25, 0.3) is 4.96 Å². The number of likely N-dealkylation sites (N-methyl/N-ethyl adjacent to an activating group) is 1. The van der Waals surface area contributed by atoms with Gasteiger partial charge in [-0.1, -0.05) is 18.3 Å². The van der Waals surface area contributed by atoms with E-state index in [9.17, 15) is 0 Å². The average Bonchev–Trinajstić information content (AvgIpc) is 2.61. The summed E-state index contributed by atoms with van der Waals surface area (Å²) in [6.07, 6.45) is 2.99. The summed E-state index contributed by atoms with van der Waals surface area (Å²) in [5.41, 5.74) is 1.12. The van der Waals surface area contributed by atoms with Crippen LogP contribution in [0.15, 0.2) is 6.20 Å². The Morgan fingerprint density at radius 2 is 2.50 bits per heavy atom. The van der Waals surface area contributed by atoms with E-state index in [-0.39, 0.29) is 1.43 Å². The van der Waals surface area contributed by atoms with Crippen molar-refractivity contribution in [2.75, 3.05) is 13.1 Å². The zero-order valence-electron chi connectivity index (χ0n) is 8.45. The monoisotopic (exact) mass is 212 g/mol. The van der Waals surface area contributed by atoms with Gasteiger partial charge in [0, 0.05) is 14.4 Å². The molecular formula is C9H16N4S. The van der Waals surface area contributed by atoms with E-state index in [4.69, 9.17) is 0 Å². The number of fused-ring (bicyclic) bond motifs is 1. The molecule has 0 aliphatic carbocycles. The number of aryl methyl sites for hydroxylation is 1. The van der Waals surface area contributed by atoms with E-state index in [2.05, 4.69) is 22.3 Å². The smallest absolute Gasteiger partial charge is 0.212 e. The SMILES string of the molecule is CCNCCc1cn2nc(C)sc2n1.[HH]. The Bertz CT molecular complexity index is 391. The third kappa shape index (κ3) is 1.93. The average molecular weight is 212 g/mol. The molecule has 0 aliphatic rings. The third-order valence-corrected chi connectivity index (χ3v) is 2.84. The molecule has 14 heavy (non-hydrogen) atoms. The number of hydrogen-bond donors (Lipinski definition) is 1. The minimum atomic E-state index is 0. The van der Waals surface area contributed by atoms with E-state index in [1.165, 1.54) is 0 Å². The predicted octanol–water partition coefficient (Wildman–Crippen LogP) is 1.50. The Hall–Kier alpha value is -0.940. The molecule has 0 radical (unpaired) electrons. The quantitative estimate of drug-likeness (QED) is 0.781. The number of nitrogens with zero attached hydrogens (tertiary/aromatic N) is 3. The summed E-state index contributed by atoms with van der Waals surface area (Å²) in [5.74, 6) is 0. The number of rotatable bonds is 4. The first-order valence-electron chi connectivity index (χ1n) is 4.82. The van der Waals surface area contributed by atoms with E-state index in [0.29, 0.717) is 0 Å². The minimum Gasteiger partial charge on any atom is -0.317 e. The first kappa shape index (κ1) is 9.61. The highest BCUT2D eigenvalue weighted by atomic mass is 32.1. The number of imidazole rings is 1. The second-order valence-corrected chi connectivity index (χ2v) is 4.34. The molecule has 2 aromatic rings. The zero-order chi connectivity index (χ0) is 9.97. The highest BCUT2D eigenvalue weighted by molar-refractivity contribution is 7.16. The molecule has 2 rings (SSSR count). The Morgan fingerprint density at radius 1 is 1.64 bits per heavy atom. The summed E-state index contributed by atoms with van der Waals surface area (Å²) >= 11 is 1.63. The van der Waals surface area contributed by atoms with E-state index in [1.807, 2.05) is 17.6 Å². The van der Waals surface area contributed by atoms with Gasteiger partial charge >= 0.3 is 0 Å². The van der Waals surface area contributed by atoms with Gasteiger partial charge in [-0.05, 0) is 13.5 Å². The molecule has 0 spiro atoms. The first-order chi connectivity index (χ1) is 6.79. The number of hydrogen-bond acceptors (Lipinski definition) is 4. The van der Waals surface area contributed by atoms with E-state index < -0.39 is 0 Å². The second kappa shape index (κ2) is 4.06.